The lowest BCUT2D eigenvalue weighted by Gasteiger charge is -2.19. The van der Waals surface area contributed by atoms with Crippen molar-refractivity contribution in [2.24, 2.45) is 16.8 Å². The van der Waals surface area contributed by atoms with Crippen LogP contribution in [-0.2, 0) is 0 Å². The van der Waals surface area contributed by atoms with Crippen molar-refractivity contribution in [2.45, 2.75) is 46.6 Å². The number of aliphatic hydroxyl groups is 1. The van der Waals surface area contributed by atoms with Gasteiger partial charge in [0.2, 0.25) is 0 Å². The summed E-state index contributed by atoms with van der Waals surface area (Å²) in [5.74, 6) is 3.35. The van der Waals surface area contributed by atoms with Gasteiger partial charge in [0.1, 0.15) is 17.6 Å². The van der Waals surface area contributed by atoms with E-state index in [1.165, 1.54) is 0 Å². The fourth-order valence-electron chi connectivity index (χ4n) is 2.88. The first-order chi connectivity index (χ1) is 13.0. The molecule has 0 spiro atoms. The second kappa shape index (κ2) is 15.7. The number of halogens is 1. The van der Waals surface area contributed by atoms with Crippen LogP contribution >= 0.6 is 24.0 Å². The van der Waals surface area contributed by atoms with Crippen molar-refractivity contribution >= 4 is 29.9 Å². The molecule has 0 saturated heterocycles. The van der Waals surface area contributed by atoms with E-state index in [1.807, 2.05) is 38.1 Å². The van der Waals surface area contributed by atoms with Crippen molar-refractivity contribution in [3.8, 4) is 11.5 Å². The predicted molar refractivity (Wildman–Crippen MR) is 127 cm³/mol. The summed E-state index contributed by atoms with van der Waals surface area (Å²) in [5, 5.41) is 15.9. The molecule has 3 N–H and O–H groups in total. The third kappa shape index (κ3) is 11.6. The molecule has 2 atom stereocenters. The zero-order valence-corrected chi connectivity index (χ0v) is 20.2. The number of hydrogen-bond donors (Lipinski definition) is 3. The van der Waals surface area contributed by atoms with E-state index in [2.05, 4.69) is 24.5 Å². The molecule has 0 aliphatic carbocycles. The lowest BCUT2D eigenvalue weighted by molar-refractivity contribution is 0.223. The van der Waals surface area contributed by atoms with Gasteiger partial charge in [-0.1, -0.05) is 19.9 Å². The molecule has 0 saturated carbocycles. The third-order valence-electron chi connectivity index (χ3n) is 4.13. The smallest absolute Gasteiger partial charge is 0.191 e. The summed E-state index contributed by atoms with van der Waals surface area (Å²) in [6.07, 6.45) is 1.83. The highest BCUT2D eigenvalue weighted by molar-refractivity contribution is 14.0. The number of nitrogens with zero attached hydrogens (tertiary/aromatic N) is 1. The summed E-state index contributed by atoms with van der Waals surface area (Å²) in [5.41, 5.74) is 0. The predicted octanol–water partition coefficient (Wildman–Crippen LogP) is 3.68. The number of hydrogen-bond acceptors (Lipinski definition) is 4. The molecule has 0 amide bonds. The normalized spacial score (nSPS) is 13.5. The number of nitrogens with one attached hydrogen (secondary N) is 2. The topological polar surface area (TPSA) is 75.1 Å². The van der Waals surface area contributed by atoms with Crippen LogP contribution in [0.5, 0.6) is 11.5 Å². The van der Waals surface area contributed by atoms with Crippen molar-refractivity contribution in [1.82, 2.24) is 10.6 Å². The fraction of sp³-hybridized carbons (Fsp3) is 0.667. The summed E-state index contributed by atoms with van der Waals surface area (Å²) in [6.45, 7) is 10.8. The highest BCUT2D eigenvalue weighted by Gasteiger charge is 2.11. The van der Waals surface area contributed by atoms with Crippen molar-refractivity contribution < 1.29 is 14.6 Å². The lowest BCUT2D eigenvalue weighted by atomic mass is 9.94. The lowest BCUT2D eigenvalue weighted by Crippen LogP contribution is -2.42. The minimum atomic E-state index is -0.0233. The van der Waals surface area contributed by atoms with Crippen LogP contribution in [-0.4, -0.2) is 50.5 Å². The van der Waals surface area contributed by atoms with Crippen molar-refractivity contribution in [3.05, 3.63) is 24.3 Å². The maximum absolute atomic E-state index is 9.27. The summed E-state index contributed by atoms with van der Waals surface area (Å²) in [7, 11) is 1.65. The van der Waals surface area contributed by atoms with Crippen LogP contribution in [0, 0.1) is 11.8 Å². The quantitative estimate of drug-likeness (QED) is 0.229. The Hall–Kier alpha value is -1.22. The first kappa shape index (κ1) is 26.8. The van der Waals surface area contributed by atoms with Gasteiger partial charge in [-0.25, -0.2) is 0 Å². The highest BCUT2D eigenvalue weighted by atomic mass is 127. The Morgan fingerprint density at radius 3 is 2.50 bits per heavy atom. The van der Waals surface area contributed by atoms with Crippen LogP contribution in [0.1, 0.15) is 40.5 Å². The van der Waals surface area contributed by atoms with Crippen LogP contribution in [0.2, 0.25) is 0 Å². The Balaban J connectivity index is 0.00000729. The van der Waals surface area contributed by atoms with Gasteiger partial charge in [-0.15, -0.1) is 24.0 Å². The number of methoxy groups -OCH3 is 1. The molecule has 1 aromatic carbocycles. The minimum absolute atomic E-state index is 0. The van der Waals surface area contributed by atoms with Crippen LogP contribution in [0.4, 0.5) is 0 Å². The Kier molecular flexibility index (Phi) is 15.0. The molecular formula is C21H38IN3O3. The molecule has 1 rings (SSSR count). The minimum Gasteiger partial charge on any atom is -0.497 e. The first-order valence-corrected chi connectivity index (χ1v) is 9.92. The van der Waals surface area contributed by atoms with Gasteiger partial charge in [0, 0.05) is 25.8 Å². The first-order valence-electron chi connectivity index (χ1n) is 9.92. The number of guanidine groups is 1. The van der Waals surface area contributed by atoms with Gasteiger partial charge >= 0.3 is 0 Å². The molecule has 0 heterocycles. The second-order valence-electron chi connectivity index (χ2n) is 7.22. The van der Waals surface area contributed by atoms with E-state index in [-0.39, 0.29) is 36.7 Å². The second-order valence-corrected chi connectivity index (χ2v) is 7.22. The Morgan fingerprint density at radius 1 is 1.18 bits per heavy atom. The van der Waals surface area contributed by atoms with Gasteiger partial charge in [0.15, 0.2) is 5.96 Å². The maximum Gasteiger partial charge on any atom is 0.191 e. The van der Waals surface area contributed by atoms with Crippen LogP contribution in [0.3, 0.4) is 0 Å². The van der Waals surface area contributed by atoms with E-state index in [9.17, 15) is 5.11 Å². The number of aliphatic hydroxyl groups excluding tert-OH is 1. The standard InChI is InChI=1S/C21H37N3O3.HI/c1-6-22-21(24-15-18(10-11-25)12-16(2)3)23-14-17(4)27-20-9-7-8-19(13-20)26-5;/h7-9,13,16-18,25H,6,10-12,14-15H2,1-5H3,(H2,22,23,24);1H. The van der Waals surface area contributed by atoms with Gasteiger partial charge in [0.25, 0.3) is 0 Å². The number of aliphatic imine (C=N–C) groups is 1. The van der Waals surface area contributed by atoms with Crippen LogP contribution in [0.25, 0.3) is 0 Å². The fourth-order valence-corrected chi connectivity index (χ4v) is 2.88. The molecule has 6 nitrogen and oxygen atoms in total. The summed E-state index contributed by atoms with van der Waals surface area (Å²) in [6, 6.07) is 7.60. The Bertz CT molecular complexity index is 555. The average molecular weight is 507 g/mol. The Morgan fingerprint density at radius 2 is 1.89 bits per heavy atom. The molecule has 0 fully saturated rings. The Labute approximate surface area is 187 Å². The number of rotatable bonds is 12. The van der Waals surface area contributed by atoms with Gasteiger partial charge < -0.3 is 25.2 Å². The zero-order chi connectivity index (χ0) is 20.1. The molecule has 28 heavy (non-hydrogen) atoms. The molecule has 0 aliphatic heterocycles. The van der Waals surface area contributed by atoms with E-state index in [0.717, 1.165) is 36.8 Å². The van der Waals surface area contributed by atoms with E-state index in [1.54, 1.807) is 7.11 Å². The zero-order valence-electron chi connectivity index (χ0n) is 17.9. The van der Waals surface area contributed by atoms with Crippen molar-refractivity contribution in [1.29, 1.82) is 0 Å². The summed E-state index contributed by atoms with van der Waals surface area (Å²) >= 11 is 0. The summed E-state index contributed by atoms with van der Waals surface area (Å²) in [4.78, 5) is 4.70. The number of ether oxygens (including phenoxy) is 2. The molecule has 0 bridgehead atoms. The largest absolute Gasteiger partial charge is 0.497 e. The molecule has 0 aliphatic rings. The number of benzene rings is 1. The van der Waals surface area contributed by atoms with Gasteiger partial charge in [0.05, 0.1) is 13.7 Å². The van der Waals surface area contributed by atoms with Gasteiger partial charge in [-0.3, -0.25) is 4.99 Å². The van der Waals surface area contributed by atoms with E-state index >= 15 is 0 Å². The van der Waals surface area contributed by atoms with Crippen molar-refractivity contribution in [2.75, 3.05) is 33.4 Å². The molecule has 7 heteroatoms. The maximum atomic E-state index is 9.27. The van der Waals surface area contributed by atoms with E-state index in [4.69, 9.17) is 14.5 Å². The average Bonchev–Trinajstić information content (AvgIpc) is 2.63. The van der Waals surface area contributed by atoms with E-state index in [0.29, 0.717) is 24.9 Å². The van der Waals surface area contributed by atoms with E-state index < -0.39 is 0 Å². The molecule has 162 valence electrons. The van der Waals surface area contributed by atoms with Gasteiger partial charge in [-0.2, -0.15) is 0 Å². The van der Waals surface area contributed by atoms with Crippen LogP contribution in [0.15, 0.2) is 29.3 Å². The van der Waals surface area contributed by atoms with Gasteiger partial charge in [-0.05, 0) is 50.7 Å². The highest BCUT2D eigenvalue weighted by Crippen LogP contribution is 2.19. The molecule has 0 aromatic heterocycles. The summed E-state index contributed by atoms with van der Waals surface area (Å²) < 4.78 is 11.2. The third-order valence-corrected chi connectivity index (χ3v) is 4.13. The molecule has 0 radical (unpaired) electrons. The molecule has 2 unspecified atom stereocenters. The molecular weight excluding hydrogens is 469 g/mol. The SMILES string of the molecule is CCNC(=NCC(CCO)CC(C)C)NCC(C)Oc1cccc(OC)c1.I. The van der Waals surface area contributed by atoms with Crippen molar-refractivity contribution in [3.63, 3.8) is 0 Å². The monoisotopic (exact) mass is 507 g/mol. The van der Waals surface area contributed by atoms with Crippen LogP contribution < -0.4 is 20.1 Å². The molecule has 1 aromatic rings.